The van der Waals surface area contributed by atoms with Gasteiger partial charge in [-0.15, -0.1) is 41.4 Å². The van der Waals surface area contributed by atoms with Gasteiger partial charge in [0.05, 0.1) is 12.3 Å². The van der Waals surface area contributed by atoms with Crippen molar-refractivity contribution in [1.82, 2.24) is 9.55 Å². The normalized spacial score (nSPS) is 12.6. The molecule has 0 saturated heterocycles. The molecule has 49 heavy (non-hydrogen) atoms. The topological polar surface area (TPSA) is 37.9 Å². The number of hydrogen-bond acceptors (Lipinski definition) is 4. The van der Waals surface area contributed by atoms with Gasteiger partial charge < -0.3 is 19.1 Å². The molecule has 0 atom stereocenters. The predicted molar refractivity (Wildman–Crippen MR) is 194 cm³/mol. The second kappa shape index (κ2) is 12.6. The summed E-state index contributed by atoms with van der Waals surface area (Å²) in [5.74, 6) is 1.78. The summed E-state index contributed by atoms with van der Waals surface area (Å²) in [6.07, 6.45) is 1.88. The van der Waals surface area contributed by atoms with E-state index in [9.17, 15) is 0 Å². The van der Waals surface area contributed by atoms with E-state index in [2.05, 4.69) is 120 Å². The molecule has 5 aromatic carbocycles. The quantitative estimate of drug-likeness (QED) is 0.162. The average Bonchev–Trinajstić information content (AvgIpc) is 3.62. The van der Waals surface area contributed by atoms with Gasteiger partial charge in [-0.2, -0.15) is 12.7 Å². The van der Waals surface area contributed by atoms with Gasteiger partial charge >= 0.3 is 0 Å². The first-order valence-corrected chi connectivity index (χ1v) is 15.9. The fraction of sp³-hybridized carbons (Fsp3) is 0.119. The van der Waals surface area contributed by atoms with Crippen LogP contribution in [0, 0.1) is 25.4 Å². The van der Waals surface area contributed by atoms with Crippen molar-refractivity contribution in [3.8, 4) is 28.4 Å². The molecule has 0 saturated carbocycles. The summed E-state index contributed by atoms with van der Waals surface area (Å²) in [6.45, 7) is 16.4. The second-order valence-corrected chi connectivity index (χ2v) is 13.1. The third-order valence-electron chi connectivity index (χ3n) is 8.83. The number of ether oxygens (including phenoxy) is 1. The smallest absolute Gasteiger partial charge is 0.135 e. The van der Waals surface area contributed by atoms with E-state index in [1.54, 1.807) is 6.07 Å². The molecule has 7 aromatic rings. The number of aromatic nitrogens is 2. The number of pyridine rings is 1. The van der Waals surface area contributed by atoms with Crippen LogP contribution < -0.4 is 14.5 Å². The molecule has 0 amide bonds. The number of rotatable bonds is 5. The van der Waals surface area contributed by atoms with E-state index in [4.69, 9.17) is 16.3 Å². The van der Waals surface area contributed by atoms with E-state index in [0.29, 0.717) is 17.2 Å². The molecule has 0 bridgehead atoms. The largest absolute Gasteiger partial charge is 0.510 e. The molecule has 1 aliphatic heterocycles. The van der Waals surface area contributed by atoms with Crippen LogP contribution >= 0.6 is 0 Å². The summed E-state index contributed by atoms with van der Waals surface area (Å²) < 4.78 is 8.62. The number of para-hydroxylation sites is 2. The van der Waals surface area contributed by atoms with Crippen molar-refractivity contribution in [3.05, 3.63) is 151 Å². The molecular weight excluding hydrogens is 786 g/mol. The first-order valence-electron chi connectivity index (χ1n) is 15.9. The Morgan fingerprint density at radius 2 is 1.55 bits per heavy atom. The minimum absolute atomic E-state index is 0. The van der Waals surface area contributed by atoms with Crippen LogP contribution in [0.25, 0.3) is 43.6 Å². The van der Waals surface area contributed by atoms with Crippen LogP contribution in [0.2, 0.25) is 0 Å². The first-order chi connectivity index (χ1) is 23.3. The minimum Gasteiger partial charge on any atom is -0.510 e. The van der Waals surface area contributed by atoms with Gasteiger partial charge in [-0.25, -0.2) is 4.98 Å². The van der Waals surface area contributed by atoms with Crippen molar-refractivity contribution in [1.29, 1.82) is 0 Å². The van der Waals surface area contributed by atoms with Gasteiger partial charge in [0.2, 0.25) is 0 Å². The van der Waals surface area contributed by atoms with Gasteiger partial charge in [-0.3, -0.25) is 4.85 Å². The zero-order valence-electron chi connectivity index (χ0n) is 27.5. The van der Waals surface area contributed by atoms with Crippen molar-refractivity contribution < 1.29 is 25.8 Å². The second-order valence-electron chi connectivity index (χ2n) is 13.1. The molecule has 0 spiro atoms. The molecule has 2 aromatic heterocycles. The fourth-order valence-electron chi connectivity index (χ4n) is 6.38. The number of benzene rings is 5. The zero-order chi connectivity index (χ0) is 33.0. The number of fused-ring (bicyclic) bond motifs is 4. The Hall–Kier alpha value is -5.37. The number of nitrogens with zero attached hydrogens (tertiary/aromatic N) is 5. The van der Waals surface area contributed by atoms with Crippen LogP contribution in [-0.4, -0.2) is 16.6 Å². The van der Waals surface area contributed by atoms with Crippen molar-refractivity contribution in [2.24, 2.45) is 0 Å². The maximum absolute atomic E-state index is 7.80. The summed E-state index contributed by atoms with van der Waals surface area (Å²) in [6, 6.07) is 43.9. The molecule has 0 N–H and O–H groups in total. The predicted octanol–water partition coefficient (Wildman–Crippen LogP) is 10.8. The number of hydrogen-bond donors (Lipinski definition) is 0. The average molecular weight is 818 g/mol. The first kappa shape index (κ1) is 32.2. The Labute approximate surface area is 301 Å². The van der Waals surface area contributed by atoms with Crippen LogP contribution in [0.4, 0.5) is 22.7 Å². The van der Waals surface area contributed by atoms with Crippen LogP contribution in [0.1, 0.15) is 26.3 Å². The van der Waals surface area contributed by atoms with Crippen molar-refractivity contribution in [2.45, 2.75) is 26.2 Å². The molecule has 1 aliphatic rings. The standard InChI is InChI=1S/C42H32N5O.Pt/c1-42(2,3)30-19-20-44-41(22-30)47-37-18-15-29(28-11-7-6-8-12-28)21-36(37)35-17-16-33(26-40(35)47)48-34-24-31(43-4)23-32(25-34)46-27-45(5)38-13-9-10-14-39(38)46;/h6-24,27H,1-3,5H3;/q-3;. The summed E-state index contributed by atoms with van der Waals surface area (Å²) in [7, 11) is 2.01. The van der Waals surface area contributed by atoms with Crippen LogP contribution in [0.15, 0.2) is 115 Å². The molecule has 0 unspecified atom stereocenters. The molecule has 0 radical (unpaired) electrons. The Kier molecular flexibility index (Phi) is 8.26. The summed E-state index contributed by atoms with van der Waals surface area (Å²) in [4.78, 5) is 12.7. The SMILES string of the molecule is [C-]#[N+]c1cc(Oc2[c-]c3c(cc2)c2cc(-c4ccccc4)ccc2n3-c2cc(C(C)(C)C)ccn2)[c-]c(N2[CH-]N(C)c3ccccc32)c1.[Pt]. The van der Waals surface area contributed by atoms with Crippen molar-refractivity contribution >= 4 is 44.6 Å². The fourth-order valence-corrected chi connectivity index (χ4v) is 6.38. The van der Waals surface area contributed by atoms with Crippen LogP contribution in [-0.2, 0) is 26.5 Å². The van der Waals surface area contributed by atoms with Crippen molar-refractivity contribution in [3.63, 3.8) is 0 Å². The van der Waals surface area contributed by atoms with E-state index in [1.165, 1.54) is 5.56 Å². The maximum atomic E-state index is 7.80. The maximum Gasteiger partial charge on any atom is 0.135 e. The van der Waals surface area contributed by atoms with E-state index in [1.807, 2.05) is 55.1 Å². The zero-order valence-corrected chi connectivity index (χ0v) is 29.8. The van der Waals surface area contributed by atoms with Gasteiger partial charge in [0.25, 0.3) is 0 Å². The summed E-state index contributed by atoms with van der Waals surface area (Å²) >= 11 is 0. The third kappa shape index (κ3) is 5.85. The monoisotopic (exact) mass is 817 g/mol. The van der Waals surface area contributed by atoms with Crippen LogP contribution in [0.3, 0.4) is 0 Å². The van der Waals surface area contributed by atoms with Gasteiger partial charge in [0.15, 0.2) is 0 Å². The molecule has 8 rings (SSSR count). The Bertz CT molecular complexity index is 2390. The molecule has 0 aliphatic carbocycles. The van der Waals surface area contributed by atoms with E-state index in [0.717, 1.165) is 55.8 Å². The summed E-state index contributed by atoms with van der Waals surface area (Å²) in [5, 5.41) is 2.15. The third-order valence-corrected chi connectivity index (χ3v) is 8.83. The van der Waals surface area contributed by atoms with E-state index >= 15 is 0 Å². The Balaban J connectivity index is 0.00000378. The van der Waals surface area contributed by atoms with Gasteiger partial charge in [0, 0.05) is 55.7 Å². The summed E-state index contributed by atoms with van der Waals surface area (Å²) in [5.41, 5.74) is 8.62. The van der Waals surface area contributed by atoms with E-state index < -0.39 is 0 Å². The van der Waals surface area contributed by atoms with Gasteiger partial charge in [-0.05, 0) is 64.9 Å². The Morgan fingerprint density at radius 3 is 2.33 bits per heavy atom. The molecule has 0 fully saturated rings. The van der Waals surface area contributed by atoms with Gasteiger partial charge in [-0.1, -0.05) is 80.9 Å². The minimum atomic E-state index is -0.0432. The number of anilines is 3. The molecular formula is C42H32N5OPt-3. The molecule has 3 heterocycles. The van der Waals surface area contributed by atoms with Crippen molar-refractivity contribution in [2.75, 3.05) is 16.8 Å². The van der Waals surface area contributed by atoms with Crippen LogP contribution in [0.5, 0.6) is 11.5 Å². The molecule has 7 heteroatoms. The molecule has 6 nitrogen and oxygen atoms in total. The van der Waals surface area contributed by atoms with E-state index in [-0.39, 0.29) is 26.5 Å². The van der Waals surface area contributed by atoms with Gasteiger partial charge in [0.1, 0.15) is 5.82 Å². The molecule has 244 valence electrons. The Morgan fingerprint density at radius 1 is 0.776 bits per heavy atom.